The van der Waals surface area contributed by atoms with Crippen LogP contribution in [-0.2, 0) is 4.74 Å². The zero-order valence-corrected chi connectivity index (χ0v) is 9.54. The van der Waals surface area contributed by atoms with E-state index in [0.29, 0.717) is 6.42 Å². The predicted molar refractivity (Wildman–Crippen MR) is 58.3 cm³/mol. The minimum Gasteiger partial charge on any atom is -0.370 e. The number of benzene rings is 1. The number of halogens is 2. The molecule has 0 spiro atoms. The van der Waals surface area contributed by atoms with Gasteiger partial charge in [0, 0.05) is 5.56 Å². The Morgan fingerprint density at radius 3 is 2.31 bits per heavy atom. The van der Waals surface area contributed by atoms with Crippen LogP contribution in [0.3, 0.4) is 0 Å². The Morgan fingerprint density at radius 2 is 1.88 bits per heavy atom. The maximum Gasteiger partial charge on any atom is 0.129 e. The molecule has 0 aliphatic carbocycles. The van der Waals surface area contributed by atoms with E-state index < -0.39 is 11.6 Å². The highest BCUT2D eigenvalue weighted by Crippen LogP contribution is 2.36. The molecule has 3 unspecified atom stereocenters. The topological polar surface area (TPSA) is 12.5 Å². The first kappa shape index (κ1) is 11.5. The van der Waals surface area contributed by atoms with Gasteiger partial charge in [-0.05, 0) is 37.8 Å². The van der Waals surface area contributed by atoms with Crippen LogP contribution in [0.5, 0.6) is 0 Å². The van der Waals surface area contributed by atoms with Crippen LogP contribution in [0.1, 0.15) is 38.2 Å². The van der Waals surface area contributed by atoms with Crippen molar-refractivity contribution in [1.29, 1.82) is 0 Å². The summed E-state index contributed by atoms with van der Waals surface area (Å²) in [5.74, 6) is -0.976. The van der Waals surface area contributed by atoms with Crippen molar-refractivity contribution in [3.63, 3.8) is 0 Å². The van der Waals surface area contributed by atoms with Gasteiger partial charge in [0.1, 0.15) is 11.6 Å². The van der Waals surface area contributed by atoms with E-state index >= 15 is 0 Å². The first-order chi connectivity index (χ1) is 7.63. The first-order valence-electron chi connectivity index (χ1n) is 5.72. The molecule has 1 aromatic carbocycles. The average molecular weight is 226 g/mol. The Kier molecular flexibility index (Phi) is 3.24. The molecular formula is C13H16F2O. The molecule has 0 amide bonds. The summed E-state index contributed by atoms with van der Waals surface area (Å²) in [6.45, 7) is 3.93. The van der Waals surface area contributed by atoms with E-state index in [9.17, 15) is 8.78 Å². The molecule has 1 aliphatic heterocycles. The molecule has 1 saturated heterocycles. The average Bonchev–Trinajstić information content (AvgIpc) is 2.92. The Morgan fingerprint density at radius 1 is 1.31 bits per heavy atom. The lowest BCUT2D eigenvalue weighted by Gasteiger charge is -2.15. The summed E-state index contributed by atoms with van der Waals surface area (Å²) in [4.78, 5) is 0. The molecule has 16 heavy (non-hydrogen) atoms. The molecule has 1 aliphatic rings. The highest BCUT2D eigenvalue weighted by Gasteiger charge is 2.37. The molecule has 3 atom stereocenters. The van der Waals surface area contributed by atoms with E-state index in [1.165, 1.54) is 18.2 Å². The Labute approximate surface area is 94.4 Å². The second-order valence-electron chi connectivity index (χ2n) is 4.36. The van der Waals surface area contributed by atoms with Crippen LogP contribution >= 0.6 is 0 Å². The minimum absolute atomic E-state index is 0.0869. The maximum atomic E-state index is 13.6. The van der Waals surface area contributed by atoms with E-state index in [2.05, 4.69) is 0 Å². The van der Waals surface area contributed by atoms with Crippen LogP contribution in [-0.4, -0.2) is 12.2 Å². The molecule has 0 bridgehead atoms. The van der Waals surface area contributed by atoms with Crippen LogP contribution in [0, 0.1) is 11.6 Å². The number of hydrogen-bond acceptors (Lipinski definition) is 1. The van der Waals surface area contributed by atoms with Crippen LogP contribution < -0.4 is 0 Å². The summed E-state index contributed by atoms with van der Waals surface area (Å²) in [5.41, 5.74) is 0.215. The second kappa shape index (κ2) is 4.50. The van der Waals surface area contributed by atoms with Crippen molar-refractivity contribution >= 4 is 0 Å². The molecule has 1 fully saturated rings. The van der Waals surface area contributed by atoms with Gasteiger partial charge in [-0.2, -0.15) is 0 Å². The molecule has 1 aromatic rings. The monoisotopic (exact) mass is 226 g/mol. The fourth-order valence-corrected chi connectivity index (χ4v) is 2.15. The van der Waals surface area contributed by atoms with Gasteiger partial charge in [-0.15, -0.1) is 0 Å². The summed E-state index contributed by atoms with van der Waals surface area (Å²) < 4.78 is 32.5. The van der Waals surface area contributed by atoms with Gasteiger partial charge in [-0.1, -0.05) is 13.0 Å². The predicted octanol–water partition coefficient (Wildman–Crippen LogP) is 3.64. The lowest BCUT2D eigenvalue weighted by molar-refractivity contribution is 0.353. The Balaban J connectivity index is 2.19. The highest BCUT2D eigenvalue weighted by atomic mass is 19.1. The van der Waals surface area contributed by atoms with Crippen molar-refractivity contribution in [1.82, 2.24) is 0 Å². The minimum atomic E-state index is -0.444. The summed E-state index contributed by atoms with van der Waals surface area (Å²) in [7, 11) is 0. The van der Waals surface area contributed by atoms with Gasteiger partial charge >= 0.3 is 0 Å². The standard InChI is InChI=1S/C13H16F2O/c1-3-9(7-12-8(2)16-12)13-10(14)5-4-6-11(13)15/h4-6,8-9,12H,3,7H2,1-2H3. The Hall–Kier alpha value is -0.960. The van der Waals surface area contributed by atoms with E-state index in [-0.39, 0.29) is 23.7 Å². The molecule has 2 rings (SSSR count). The van der Waals surface area contributed by atoms with Crippen LogP contribution in [0.15, 0.2) is 18.2 Å². The smallest absolute Gasteiger partial charge is 0.129 e. The van der Waals surface area contributed by atoms with E-state index in [0.717, 1.165) is 6.42 Å². The fourth-order valence-electron chi connectivity index (χ4n) is 2.15. The molecule has 1 heterocycles. The summed E-state index contributed by atoms with van der Waals surface area (Å²) in [6, 6.07) is 4.04. The summed E-state index contributed by atoms with van der Waals surface area (Å²) in [5, 5.41) is 0. The van der Waals surface area contributed by atoms with Crippen LogP contribution in [0.4, 0.5) is 8.78 Å². The van der Waals surface area contributed by atoms with E-state index in [4.69, 9.17) is 4.74 Å². The van der Waals surface area contributed by atoms with Crippen LogP contribution in [0.25, 0.3) is 0 Å². The van der Waals surface area contributed by atoms with E-state index in [1.54, 1.807) is 0 Å². The maximum absolute atomic E-state index is 13.6. The van der Waals surface area contributed by atoms with Crippen molar-refractivity contribution in [3.05, 3.63) is 35.4 Å². The zero-order chi connectivity index (χ0) is 11.7. The van der Waals surface area contributed by atoms with Crippen molar-refractivity contribution in [2.45, 2.75) is 44.8 Å². The molecule has 0 saturated carbocycles. The van der Waals surface area contributed by atoms with Crippen molar-refractivity contribution in [2.75, 3.05) is 0 Å². The normalized spacial score (nSPS) is 25.5. The molecular weight excluding hydrogens is 210 g/mol. The van der Waals surface area contributed by atoms with Gasteiger partial charge in [-0.25, -0.2) is 8.78 Å². The number of hydrogen-bond donors (Lipinski definition) is 0. The van der Waals surface area contributed by atoms with Crippen molar-refractivity contribution < 1.29 is 13.5 Å². The number of ether oxygens (including phenoxy) is 1. The summed E-state index contributed by atoms with van der Waals surface area (Å²) in [6.07, 6.45) is 1.84. The van der Waals surface area contributed by atoms with Gasteiger partial charge in [0.2, 0.25) is 0 Å². The third-order valence-electron chi connectivity index (χ3n) is 3.25. The quantitative estimate of drug-likeness (QED) is 0.714. The van der Waals surface area contributed by atoms with Gasteiger partial charge in [0.15, 0.2) is 0 Å². The number of rotatable bonds is 4. The molecule has 0 aromatic heterocycles. The van der Waals surface area contributed by atoms with Gasteiger partial charge < -0.3 is 4.74 Å². The third kappa shape index (κ3) is 2.24. The first-order valence-corrected chi connectivity index (χ1v) is 5.72. The van der Waals surface area contributed by atoms with E-state index in [1.807, 2.05) is 13.8 Å². The Bertz CT molecular complexity index is 358. The second-order valence-corrected chi connectivity index (χ2v) is 4.36. The van der Waals surface area contributed by atoms with Crippen molar-refractivity contribution in [2.24, 2.45) is 0 Å². The number of epoxide rings is 1. The molecule has 1 nitrogen and oxygen atoms in total. The van der Waals surface area contributed by atoms with Crippen LogP contribution in [0.2, 0.25) is 0 Å². The lowest BCUT2D eigenvalue weighted by atomic mass is 9.90. The molecule has 0 N–H and O–H groups in total. The summed E-state index contributed by atoms with van der Waals surface area (Å²) >= 11 is 0. The van der Waals surface area contributed by atoms with Gasteiger partial charge in [0.05, 0.1) is 12.2 Å². The molecule has 0 radical (unpaired) electrons. The largest absolute Gasteiger partial charge is 0.370 e. The van der Waals surface area contributed by atoms with Gasteiger partial charge in [-0.3, -0.25) is 0 Å². The highest BCUT2D eigenvalue weighted by molar-refractivity contribution is 5.24. The zero-order valence-electron chi connectivity index (χ0n) is 9.54. The fraction of sp³-hybridized carbons (Fsp3) is 0.538. The molecule has 88 valence electrons. The third-order valence-corrected chi connectivity index (χ3v) is 3.25. The van der Waals surface area contributed by atoms with Crippen molar-refractivity contribution in [3.8, 4) is 0 Å². The molecule has 3 heteroatoms. The van der Waals surface area contributed by atoms with Gasteiger partial charge in [0.25, 0.3) is 0 Å². The SMILES string of the molecule is CCC(CC1OC1C)c1c(F)cccc1F. The lowest BCUT2D eigenvalue weighted by Crippen LogP contribution is -2.07.